The van der Waals surface area contributed by atoms with Crippen LogP contribution >= 0.6 is 11.6 Å². The molecule has 0 bridgehead atoms. The molecule has 1 N–H and O–H groups in total. The van der Waals surface area contributed by atoms with Crippen LogP contribution in [0.15, 0.2) is 66.7 Å². The lowest BCUT2D eigenvalue weighted by Crippen LogP contribution is -2.25. The number of hydrogen-bond acceptors (Lipinski definition) is 5. The molecule has 1 atom stereocenters. The average molecular weight is 503 g/mol. The molecule has 0 saturated heterocycles. The molecule has 188 valence electrons. The number of halogens is 1. The number of rotatable bonds is 11. The van der Waals surface area contributed by atoms with Crippen molar-refractivity contribution < 1.29 is 4.74 Å². The summed E-state index contributed by atoms with van der Waals surface area (Å²) < 4.78 is 5.30. The zero-order valence-electron chi connectivity index (χ0n) is 21.6. The van der Waals surface area contributed by atoms with Gasteiger partial charge in [-0.15, -0.1) is 0 Å². The van der Waals surface area contributed by atoms with Crippen molar-refractivity contribution >= 4 is 28.3 Å². The Labute approximate surface area is 219 Å². The molecule has 1 aromatic heterocycles. The molecular formula is C30H35ClN4O. The maximum atomic E-state index is 6.33. The van der Waals surface area contributed by atoms with Gasteiger partial charge in [0.2, 0.25) is 0 Å². The molecule has 4 aromatic rings. The van der Waals surface area contributed by atoms with Crippen LogP contribution in [0.5, 0.6) is 5.75 Å². The van der Waals surface area contributed by atoms with Crippen LogP contribution < -0.4 is 10.1 Å². The first-order chi connectivity index (χ1) is 17.5. The molecule has 0 aliphatic rings. The zero-order chi connectivity index (χ0) is 25.5. The van der Waals surface area contributed by atoms with Crippen molar-refractivity contribution in [2.75, 3.05) is 32.1 Å². The summed E-state index contributed by atoms with van der Waals surface area (Å²) in [5.74, 6) is 2.36. The van der Waals surface area contributed by atoms with Gasteiger partial charge < -0.3 is 15.0 Å². The maximum absolute atomic E-state index is 6.33. The topological polar surface area (TPSA) is 50.3 Å². The zero-order valence-corrected chi connectivity index (χ0v) is 22.3. The van der Waals surface area contributed by atoms with Crippen LogP contribution in [-0.2, 0) is 0 Å². The number of nitrogens with zero attached hydrogens (tertiary/aromatic N) is 3. The quantitative estimate of drug-likeness (QED) is 0.229. The fourth-order valence-corrected chi connectivity index (χ4v) is 4.60. The van der Waals surface area contributed by atoms with Crippen molar-refractivity contribution in [3.8, 4) is 28.3 Å². The molecule has 5 nitrogen and oxygen atoms in total. The van der Waals surface area contributed by atoms with Gasteiger partial charge in [-0.05, 0) is 86.9 Å². The smallest absolute Gasteiger partial charge is 0.162 e. The molecule has 3 aromatic carbocycles. The Morgan fingerprint density at radius 1 is 0.917 bits per heavy atom. The van der Waals surface area contributed by atoms with E-state index < -0.39 is 0 Å². The predicted molar refractivity (Wildman–Crippen MR) is 152 cm³/mol. The van der Waals surface area contributed by atoms with Gasteiger partial charge >= 0.3 is 0 Å². The normalized spacial score (nSPS) is 12.2. The van der Waals surface area contributed by atoms with Gasteiger partial charge in [-0.2, -0.15) is 0 Å². The average Bonchev–Trinajstić information content (AvgIpc) is 2.91. The lowest BCUT2D eigenvalue weighted by molar-refractivity contribution is 0.295. The van der Waals surface area contributed by atoms with E-state index in [1.54, 1.807) is 7.11 Å². The summed E-state index contributed by atoms with van der Waals surface area (Å²) in [5.41, 5.74) is 4.01. The van der Waals surface area contributed by atoms with Crippen molar-refractivity contribution in [3.63, 3.8) is 0 Å². The highest BCUT2D eigenvalue weighted by molar-refractivity contribution is 6.31. The number of aromatic nitrogens is 2. The minimum absolute atomic E-state index is 0.285. The van der Waals surface area contributed by atoms with E-state index in [4.69, 9.17) is 26.3 Å². The summed E-state index contributed by atoms with van der Waals surface area (Å²) in [6.07, 6.45) is 2.21. The molecule has 0 aliphatic heterocycles. The highest BCUT2D eigenvalue weighted by atomic mass is 35.5. The van der Waals surface area contributed by atoms with Crippen LogP contribution in [0.25, 0.3) is 33.4 Å². The van der Waals surface area contributed by atoms with E-state index in [-0.39, 0.29) is 6.04 Å². The van der Waals surface area contributed by atoms with Crippen molar-refractivity contribution in [2.45, 2.75) is 39.7 Å². The molecule has 0 aliphatic carbocycles. The van der Waals surface area contributed by atoms with Crippen LogP contribution in [0.2, 0.25) is 5.02 Å². The third-order valence-electron chi connectivity index (χ3n) is 6.59. The summed E-state index contributed by atoms with van der Waals surface area (Å²) in [6.45, 7) is 9.95. The lowest BCUT2D eigenvalue weighted by atomic mass is 10.0. The van der Waals surface area contributed by atoms with Crippen LogP contribution in [0, 0.1) is 0 Å². The third-order valence-corrected chi connectivity index (χ3v) is 6.83. The Hall–Kier alpha value is -3.15. The van der Waals surface area contributed by atoms with Gasteiger partial charge in [0.1, 0.15) is 11.6 Å². The summed E-state index contributed by atoms with van der Waals surface area (Å²) in [5, 5.41) is 5.30. The molecule has 1 heterocycles. The summed E-state index contributed by atoms with van der Waals surface area (Å²) in [6, 6.07) is 22.5. The number of methoxy groups -OCH3 is 1. The van der Waals surface area contributed by atoms with Gasteiger partial charge in [-0.1, -0.05) is 55.8 Å². The van der Waals surface area contributed by atoms with E-state index in [0.717, 1.165) is 71.6 Å². The number of fused-ring (bicyclic) bond motifs is 1. The SMILES string of the molecule is CCN(CC)CCCC(C)Nc1nc(-c2cccc(-c3ccc(OC)cc3)c2)nc2cc(Cl)ccc12. The number of ether oxygens (including phenoxy) is 1. The van der Waals surface area contributed by atoms with Gasteiger partial charge in [0.15, 0.2) is 5.82 Å². The fourth-order valence-electron chi connectivity index (χ4n) is 4.43. The molecule has 0 saturated carbocycles. The minimum Gasteiger partial charge on any atom is -0.497 e. The van der Waals surface area contributed by atoms with E-state index >= 15 is 0 Å². The number of hydrogen-bond donors (Lipinski definition) is 1. The molecule has 0 amide bonds. The van der Waals surface area contributed by atoms with E-state index in [0.29, 0.717) is 10.8 Å². The number of nitrogens with one attached hydrogen (secondary N) is 1. The molecule has 6 heteroatoms. The first-order valence-electron chi connectivity index (χ1n) is 12.7. The Morgan fingerprint density at radius 3 is 2.39 bits per heavy atom. The van der Waals surface area contributed by atoms with Gasteiger partial charge in [0, 0.05) is 22.0 Å². The number of anilines is 1. The summed E-state index contributed by atoms with van der Waals surface area (Å²) in [7, 11) is 1.68. The van der Waals surface area contributed by atoms with Crippen molar-refractivity contribution in [2.24, 2.45) is 0 Å². The van der Waals surface area contributed by atoms with Gasteiger partial charge in [0.05, 0.1) is 12.6 Å². The largest absolute Gasteiger partial charge is 0.497 e. The van der Waals surface area contributed by atoms with Crippen molar-refractivity contribution in [1.82, 2.24) is 14.9 Å². The molecule has 0 spiro atoms. The molecule has 1 unspecified atom stereocenters. The number of benzene rings is 3. The van der Waals surface area contributed by atoms with Crippen LogP contribution in [0.3, 0.4) is 0 Å². The molecule has 0 fully saturated rings. The van der Waals surface area contributed by atoms with Crippen LogP contribution in [0.1, 0.15) is 33.6 Å². The highest BCUT2D eigenvalue weighted by Crippen LogP contribution is 2.30. The Kier molecular flexibility index (Phi) is 8.79. The van der Waals surface area contributed by atoms with Crippen molar-refractivity contribution in [1.29, 1.82) is 0 Å². The third kappa shape index (κ3) is 6.34. The van der Waals surface area contributed by atoms with E-state index in [9.17, 15) is 0 Å². The molecular weight excluding hydrogens is 468 g/mol. The second-order valence-electron chi connectivity index (χ2n) is 9.08. The van der Waals surface area contributed by atoms with Crippen molar-refractivity contribution in [3.05, 3.63) is 71.8 Å². The van der Waals surface area contributed by atoms with Gasteiger partial charge in [-0.25, -0.2) is 9.97 Å². The Bertz CT molecular complexity index is 1290. The van der Waals surface area contributed by atoms with Crippen LogP contribution in [-0.4, -0.2) is 47.7 Å². The fraction of sp³-hybridized carbons (Fsp3) is 0.333. The Balaban J connectivity index is 1.63. The van der Waals surface area contributed by atoms with E-state index in [2.05, 4.69) is 61.3 Å². The second-order valence-corrected chi connectivity index (χ2v) is 9.52. The lowest BCUT2D eigenvalue weighted by Gasteiger charge is -2.20. The minimum atomic E-state index is 0.285. The first-order valence-corrected chi connectivity index (χ1v) is 13.1. The van der Waals surface area contributed by atoms with Gasteiger partial charge in [-0.3, -0.25) is 0 Å². The highest BCUT2D eigenvalue weighted by Gasteiger charge is 2.13. The first kappa shape index (κ1) is 25.9. The van der Waals surface area contributed by atoms with E-state index in [1.807, 2.05) is 36.4 Å². The van der Waals surface area contributed by atoms with E-state index in [1.165, 1.54) is 0 Å². The summed E-state index contributed by atoms with van der Waals surface area (Å²) in [4.78, 5) is 12.3. The monoisotopic (exact) mass is 502 g/mol. The second kappa shape index (κ2) is 12.2. The summed E-state index contributed by atoms with van der Waals surface area (Å²) >= 11 is 6.33. The molecule has 0 radical (unpaired) electrons. The maximum Gasteiger partial charge on any atom is 0.162 e. The van der Waals surface area contributed by atoms with Gasteiger partial charge in [0.25, 0.3) is 0 Å². The predicted octanol–water partition coefficient (Wildman–Crippen LogP) is 7.55. The molecule has 4 rings (SSSR count). The molecule has 36 heavy (non-hydrogen) atoms. The van der Waals surface area contributed by atoms with Crippen LogP contribution in [0.4, 0.5) is 5.82 Å². The standard InChI is InChI=1S/C30H35ClN4O/c1-5-35(6-2)18-8-9-21(3)32-30-27-17-14-25(31)20-28(27)33-29(34-30)24-11-7-10-23(19-24)22-12-15-26(36-4)16-13-22/h7,10-17,19-21H,5-6,8-9,18H2,1-4H3,(H,32,33,34). The Morgan fingerprint density at radius 2 is 1.67 bits per heavy atom.